The molecular weight excluding hydrogens is 218 g/mol. The van der Waals surface area contributed by atoms with Gasteiger partial charge < -0.3 is 4.90 Å². The van der Waals surface area contributed by atoms with Crippen LogP contribution in [0, 0.1) is 0 Å². The van der Waals surface area contributed by atoms with Gasteiger partial charge in [0.05, 0.1) is 0 Å². The summed E-state index contributed by atoms with van der Waals surface area (Å²) < 4.78 is 1.19. The van der Waals surface area contributed by atoms with Crippen molar-refractivity contribution in [1.29, 1.82) is 0 Å². The molecule has 0 atom stereocenters. The average Bonchev–Trinajstić information content (AvgIpc) is 2.69. The molecule has 0 spiro atoms. The number of benzene rings is 1. The van der Waals surface area contributed by atoms with Crippen LogP contribution in [0.3, 0.4) is 0 Å². The molecule has 1 aromatic heterocycles. The lowest BCUT2D eigenvalue weighted by molar-refractivity contribution is 0.0974. The topological polar surface area (TPSA) is 20.3 Å². The van der Waals surface area contributed by atoms with E-state index in [-0.39, 0.29) is 5.78 Å². The van der Waals surface area contributed by atoms with Crippen molar-refractivity contribution >= 4 is 27.2 Å². The number of hydrogen-bond donors (Lipinski definition) is 0. The van der Waals surface area contributed by atoms with Crippen LogP contribution >= 0.6 is 11.3 Å². The molecule has 0 saturated heterocycles. The first-order valence-electron chi connectivity index (χ1n) is 5.32. The Kier molecular flexibility index (Phi) is 3.36. The minimum Gasteiger partial charge on any atom is -0.309 e. The zero-order chi connectivity index (χ0) is 11.5. The number of carbonyl (C=O) groups is 1. The summed E-state index contributed by atoms with van der Waals surface area (Å²) in [7, 11) is 3.97. The summed E-state index contributed by atoms with van der Waals surface area (Å²) in [6.07, 6.45) is 0.591. The molecule has 0 saturated carbocycles. The van der Waals surface area contributed by atoms with E-state index in [4.69, 9.17) is 0 Å². The summed E-state index contributed by atoms with van der Waals surface area (Å²) in [5.41, 5.74) is 0.877. The number of carbonyl (C=O) groups excluding carboxylic acids is 1. The molecule has 84 valence electrons. The maximum absolute atomic E-state index is 12.0. The van der Waals surface area contributed by atoms with Crippen LogP contribution in [-0.2, 0) is 0 Å². The van der Waals surface area contributed by atoms with E-state index in [9.17, 15) is 4.79 Å². The summed E-state index contributed by atoms with van der Waals surface area (Å²) in [6.45, 7) is 0.809. The zero-order valence-corrected chi connectivity index (χ0v) is 10.4. The van der Waals surface area contributed by atoms with Gasteiger partial charge in [-0.15, -0.1) is 11.3 Å². The van der Waals surface area contributed by atoms with E-state index >= 15 is 0 Å². The first-order valence-corrected chi connectivity index (χ1v) is 6.20. The highest BCUT2D eigenvalue weighted by Crippen LogP contribution is 2.26. The highest BCUT2D eigenvalue weighted by atomic mass is 32.1. The Bertz CT molecular complexity index is 501. The molecule has 0 aliphatic carbocycles. The maximum atomic E-state index is 12.0. The standard InChI is InChI=1S/C13H15NOS/c1-14(2)8-7-12(15)11-9-16-13-6-4-3-5-10(11)13/h3-6,9H,7-8H2,1-2H3. The third kappa shape index (κ3) is 2.31. The predicted molar refractivity (Wildman–Crippen MR) is 69.3 cm³/mol. The van der Waals surface area contributed by atoms with Gasteiger partial charge in [-0.25, -0.2) is 0 Å². The number of fused-ring (bicyclic) bond motifs is 1. The summed E-state index contributed by atoms with van der Waals surface area (Å²) in [5.74, 6) is 0.242. The Balaban J connectivity index is 2.23. The number of Topliss-reactive ketones (excluding diaryl/α,β-unsaturated/α-hetero) is 1. The molecule has 0 N–H and O–H groups in total. The molecule has 1 aromatic carbocycles. The van der Waals surface area contributed by atoms with Gasteiger partial charge >= 0.3 is 0 Å². The minimum atomic E-state index is 0.242. The van der Waals surface area contributed by atoms with E-state index < -0.39 is 0 Å². The molecule has 0 fully saturated rings. The van der Waals surface area contributed by atoms with E-state index in [1.54, 1.807) is 11.3 Å². The van der Waals surface area contributed by atoms with Gasteiger partial charge in [-0.2, -0.15) is 0 Å². The third-order valence-electron chi connectivity index (χ3n) is 2.57. The van der Waals surface area contributed by atoms with Crippen LogP contribution in [0.2, 0.25) is 0 Å². The highest BCUT2D eigenvalue weighted by molar-refractivity contribution is 7.17. The summed E-state index contributed by atoms with van der Waals surface area (Å²) in [6, 6.07) is 8.07. The van der Waals surface area contributed by atoms with Crippen LogP contribution in [0.4, 0.5) is 0 Å². The lowest BCUT2D eigenvalue weighted by atomic mass is 10.1. The van der Waals surface area contributed by atoms with Gasteiger partial charge in [0.25, 0.3) is 0 Å². The van der Waals surface area contributed by atoms with Crippen LogP contribution < -0.4 is 0 Å². The summed E-state index contributed by atoms with van der Waals surface area (Å²) >= 11 is 1.64. The second-order valence-electron chi connectivity index (χ2n) is 4.12. The molecular formula is C13H15NOS. The van der Waals surface area contributed by atoms with Crippen molar-refractivity contribution in [3.63, 3.8) is 0 Å². The smallest absolute Gasteiger partial charge is 0.165 e. The van der Waals surface area contributed by atoms with Crippen molar-refractivity contribution in [2.75, 3.05) is 20.6 Å². The quantitative estimate of drug-likeness (QED) is 0.756. The fourth-order valence-corrected chi connectivity index (χ4v) is 2.62. The van der Waals surface area contributed by atoms with Gasteiger partial charge in [-0.05, 0) is 20.2 Å². The van der Waals surface area contributed by atoms with E-state index in [0.717, 1.165) is 17.5 Å². The van der Waals surface area contributed by atoms with Gasteiger partial charge in [0.15, 0.2) is 5.78 Å². The van der Waals surface area contributed by atoms with Crippen molar-refractivity contribution in [2.24, 2.45) is 0 Å². The Labute approximate surface area is 99.5 Å². The average molecular weight is 233 g/mol. The predicted octanol–water partition coefficient (Wildman–Crippen LogP) is 3.04. The lowest BCUT2D eigenvalue weighted by Gasteiger charge is -2.07. The molecule has 1 heterocycles. The van der Waals surface area contributed by atoms with Crippen LogP contribution in [-0.4, -0.2) is 31.3 Å². The van der Waals surface area contributed by atoms with Gasteiger partial charge in [-0.3, -0.25) is 4.79 Å². The van der Waals surface area contributed by atoms with Crippen LogP contribution in [0.1, 0.15) is 16.8 Å². The second kappa shape index (κ2) is 4.76. The normalized spacial score (nSPS) is 11.2. The molecule has 0 unspecified atom stereocenters. The molecule has 2 nitrogen and oxygen atoms in total. The number of nitrogens with zero attached hydrogens (tertiary/aromatic N) is 1. The van der Waals surface area contributed by atoms with E-state index in [0.29, 0.717) is 6.42 Å². The van der Waals surface area contributed by atoms with Crippen molar-refractivity contribution < 1.29 is 4.79 Å². The first kappa shape index (κ1) is 11.3. The summed E-state index contributed by atoms with van der Waals surface area (Å²) in [5, 5.41) is 3.07. The number of rotatable bonds is 4. The SMILES string of the molecule is CN(C)CCC(=O)c1csc2ccccc12. The monoisotopic (exact) mass is 233 g/mol. The third-order valence-corrected chi connectivity index (χ3v) is 3.53. The van der Waals surface area contributed by atoms with E-state index in [1.807, 2.05) is 42.6 Å². The largest absolute Gasteiger partial charge is 0.309 e. The fraction of sp³-hybridized carbons (Fsp3) is 0.308. The summed E-state index contributed by atoms with van der Waals surface area (Å²) in [4.78, 5) is 14.0. The van der Waals surface area contributed by atoms with E-state index in [1.165, 1.54) is 4.70 Å². The van der Waals surface area contributed by atoms with Gasteiger partial charge in [0.2, 0.25) is 0 Å². The Hall–Kier alpha value is -1.19. The van der Waals surface area contributed by atoms with Gasteiger partial charge in [-0.1, -0.05) is 18.2 Å². The van der Waals surface area contributed by atoms with Gasteiger partial charge in [0.1, 0.15) is 0 Å². The maximum Gasteiger partial charge on any atom is 0.165 e. The molecule has 16 heavy (non-hydrogen) atoms. The first-order chi connectivity index (χ1) is 7.68. The molecule has 0 radical (unpaired) electrons. The number of ketones is 1. The Morgan fingerprint density at radius 1 is 1.31 bits per heavy atom. The van der Waals surface area contributed by atoms with E-state index in [2.05, 4.69) is 6.07 Å². The van der Waals surface area contributed by atoms with Crippen LogP contribution in [0.25, 0.3) is 10.1 Å². The fourth-order valence-electron chi connectivity index (χ4n) is 1.65. The lowest BCUT2D eigenvalue weighted by Crippen LogP contribution is -2.16. The molecule has 2 rings (SSSR count). The van der Waals surface area contributed by atoms with Crippen molar-refractivity contribution in [1.82, 2.24) is 4.90 Å². The second-order valence-corrected chi connectivity index (χ2v) is 5.03. The van der Waals surface area contributed by atoms with Crippen molar-refractivity contribution in [3.05, 3.63) is 35.2 Å². The Morgan fingerprint density at radius 3 is 2.81 bits per heavy atom. The van der Waals surface area contributed by atoms with Crippen molar-refractivity contribution in [3.8, 4) is 0 Å². The molecule has 0 aliphatic rings. The van der Waals surface area contributed by atoms with Crippen LogP contribution in [0.5, 0.6) is 0 Å². The molecule has 0 amide bonds. The van der Waals surface area contributed by atoms with Crippen LogP contribution in [0.15, 0.2) is 29.6 Å². The minimum absolute atomic E-state index is 0.242. The highest BCUT2D eigenvalue weighted by Gasteiger charge is 2.11. The molecule has 0 bridgehead atoms. The van der Waals surface area contributed by atoms with Crippen molar-refractivity contribution in [2.45, 2.75) is 6.42 Å². The number of hydrogen-bond acceptors (Lipinski definition) is 3. The molecule has 0 aliphatic heterocycles. The number of thiophene rings is 1. The zero-order valence-electron chi connectivity index (χ0n) is 9.56. The molecule has 2 aromatic rings. The molecule has 3 heteroatoms. The Morgan fingerprint density at radius 2 is 2.06 bits per heavy atom. The van der Waals surface area contributed by atoms with Gasteiger partial charge in [0, 0.05) is 34.0 Å².